The molecule has 2 heteroatoms. The standard InChI is InChI=1S/C14H16N2/c15-11-13-9-7-5-3-1-2-4-6-8-10-14(13)12-16/h3,5,7,9H,1-2,4,6,8,10H2/b5-3+,9-7?,14-13?. The highest BCUT2D eigenvalue weighted by molar-refractivity contribution is 5.44. The second kappa shape index (κ2) is 7.49. The Balaban J connectivity index is 2.87. The number of nitrogens with zero attached hydrogens (tertiary/aromatic N) is 2. The molecule has 1 rings (SSSR count). The lowest BCUT2D eigenvalue weighted by molar-refractivity contribution is 0.647. The van der Waals surface area contributed by atoms with Gasteiger partial charge in [0.15, 0.2) is 0 Å². The Kier molecular flexibility index (Phi) is 5.74. The third-order valence-corrected chi connectivity index (χ3v) is 2.64. The highest BCUT2D eigenvalue weighted by Crippen LogP contribution is 2.15. The van der Waals surface area contributed by atoms with E-state index >= 15 is 0 Å². The maximum absolute atomic E-state index is 8.99. The van der Waals surface area contributed by atoms with Gasteiger partial charge < -0.3 is 0 Å². The van der Waals surface area contributed by atoms with Gasteiger partial charge in [-0.25, -0.2) is 0 Å². The highest BCUT2D eigenvalue weighted by atomic mass is 14.3. The Hall–Kier alpha value is -1.80. The third-order valence-electron chi connectivity index (χ3n) is 2.64. The van der Waals surface area contributed by atoms with Crippen molar-refractivity contribution < 1.29 is 0 Å². The van der Waals surface area contributed by atoms with Crippen LogP contribution in [0.5, 0.6) is 0 Å². The predicted octanol–water partition coefficient (Wildman–Crippen LogP) is 3.80. The average molecular weight is 212 g/mol. The molecule has 0 radical (unpaired) electrons. The van der Waals surface area contributed by atoms with Crippen LogP contribution in [0.3, 0.4) is 0 Å². The SMILES string of the molecule is N#CC1=C(C#N)CCCCCC/C=C/C=C1. The van der Waals surface area contributed by atoms with Gasteiger partial charge in [0.05, 0.1) is 11.6 Å². The van der Waals surface area contributed by atoms with Gasteiger partial charge in [0.1, 0.15) is 6.07 Å². The Labute approximate surface area is 97.2 Å². The van der Waals surface area contributed by atoms with E-state index in [1.54, 1.807) is 6.08 Å². The molecule has 0 aliphatic heterocycles. The van der Waals surface area contributed by atoms with E-state index in [0.29, 0.717) is 11.1 Å². The van der Waals surface area contributed by atoms with Crippen LogP contribution < -0.4 is 0 Å². The predicted molar refractivity (Wildman–Crippen MR) is 64.2 cm³/mol. The number of hydrogen-bond donors (Lipinski definition) is 0. The minimum absolute atomic E-state index is 0.507. The van der Waals surface area contributed by atoms with Crippen LogP contribution in [0.15, 0.2) is 35.5 Å². The summed E-state index contributed by atoms with van der Waals surface area (Å²) in [6.07, 6.45) is 14.0. The summed E-state index contributed by atoms with van der Waals surface area (Å²) in [5.74, 6) is 0. The molecule has 82 valence electrons. The molecule has 0 heterocycles. The van der Waals surface area contributed by atoms with Gasteiger partial charge in [0, 0.05) is 5.57 Å². The monoisotopic (exact) mass is 212 g/mol. The van der Waals surface area contributed by atoms with Gasteiger partial charge >= 0.3 is 0 Å². The van der Waals surface area contributed by atoms with Crippen LogP contribution in [0.2, 0.25) is 0 Å². The normalized spacial score (nSPS) is 20.1. The summed E-state index contributed by atoms with van der Waals surface area (Å²) in [7, 11) is 0. The number of allylic oxidation sites excluding steroid dienone is 6. The molecule has 0 saturated carbocycles. The Morgan fingerprint density at radius 2 is 1.75 bits per heavy atom. The van der Waals surface area contributed by atoms with E-state index in [1.807, 2.05) is 12.2 Å². The molecule has 0 aromatic carbocycles. The molecule has 1 aliphatic carbocycles. The molecule has 0 aromatic heterocycles. The van der Waals surface area contributed by atoms with Gasteiger partial charge in [0.2, 0.25) is 0 Å². The van der Waals surface area contributed by atoms with E-state index in [2.05, 4.69) is 18.2 Å². The van der Waals surface area contributed by atoms with Crippen LogP contribution in [-0.2, 0) is 0 Å². The number of hydrogen-bond acceptors (Lipinski definition) is 2. The zero-order valence-corrected chi connectivity index (χ0v) is 9.45. The Bertz CT molecular complexity index is 386. The number of rotatable bonds is 0. The fourth-order valence-corrected chi connectivity index (χ4v) is 1.70. The van der Waals surface area contributed by atoms with Gasteiger partial charge in [0.25, 0.3) is 0 Å². The molecule has 0 amide bonds. The van der Waals surface area contributed by atoms with Crippen molar-refractivity contribution in [3.63, 3.8) is 0 Å². The molecule has 0 spiro atoms. The van der Waals surface area contributed by atoms with Crippen molar-refractivity contribution in [3.8, 4) is 12.1 Å². The molecule has 0 saturated heterocycles. The summed E-state index contributed by atoms with van der Waals surface area (Å²) < 4.78 is 0. The van der Waals surface area contributed by atoms with Crippen LogP contribution in [0.1, 0.15) is 38.5 Å². The second-order valence-electron chi connectivity index (χ2n) is 3.86. The van der Waals surface area contributed by atoms with Crippen LogP contribution in [0.4, 0.5) is 0 Å². The zero-order chi connectivity index (χ0) is 11.6. The first-order chi connectivity index (χ1) is 7.88. The highest BCUT2D eigenvalue weighted by Gasteiger charge is 2.03. The molecule has 0 aromatic rings. The summed E-state index contributed by atoms with van der Waals surface area (Å²) in [5.41, 5.74) is 1.13. The summed E-state index contributed by atoms with van der Waals surface area (Å²) in [6, 6.07) is 4.23. The lowest BCUT2D eigenvalue weighted by Gasteiger charge is -2.01. The summed E-state index contributed by atoms with van der Waals surface area (Å²) in [6.45, 7) is 0. The van der Waals surface area contributed by atoms with Crippen LogP contribution in [0, 0.1) is 22.7 Å². The lowest BCUT2D eigenvalue weighted by atomic mass is 10.0. The van der Waals surface area contributed by atoms with Crippen LogP contribution in [-0.4, -0.2) is 0 Å². The molecule has 0 fully saturated rings. The lowest BCUT2D eigenvalue weighted by Crippen LogP contribution is -1.88. The molecule has 2 nitrogen and oxygen atoms in total. The van der Waals surface area contributed by atoms with Gasteiger partial charge in [-0.2, -0.15) is 10.5 Å². The molecule has 0 N–H and O–H groups in total. The third kappa shape index (κ3) is 4.15. The van der Waals surface area contributed by atoms with Crippen molar-refractivity contribution in [1.82, 2.24) is 0 Å². The first-order valence-electron chi connectivity index (χ1n) is 5.75. The molecule has 0 unspecified atom stereocenters. The van der Waals surface area contributed by atoms with E-state index in [4.69, 9.17) is 10.5 Å². The van der Waals surface area contributed by atoms with E-state index in [-0.39, 0.29) is 0 Å². The summed E-state index contributed by atoms with van der Waals surface area (Å²) in [4.78, 5) is 0. The molecule has 0 bridgehead atoms. The van der Waals surface area contributed by atoms with Crippen molar-refractivity contribution in [2.75, 3.05) is 0 Å². The summed E-state index contributed by atoms with van der Waals surface area (Å²) in [5, 5.41) is 17.9. The van der Waals surface area contributed by atoms with Crippen molar-refractivity contribution >= 4 is 0 Å². The molecular weight excluding hydrogens is 196 g/mol. The van der Waals surface area contributed by atoms with Crippen LogP contribution >= 0.6 is 0 Å². The Morgan fingerprint density at radius 1 is 0.938 bits per heavy atom. The van der Waals surface area contributed by atoms with Crippen molar-refractivity contribution in [3.05, 3.63) is 35.5 Å². The maximum atomic E-state index is 8.99. The van der Waals surface area contributed by atoms with Crippen molar-refractivity contribution in [1.29, 1.82) is 10.5 Å². The van der Waals surface area contributed by atoms with Crippen molar-refractivity contribution in [2.45, 2.75) is 38.5 Å². The topological polar surface area (TPSA) is 47.6 Å². The average Bonchev–Trinajstić information content (AvgIpc) is 2.30. The number of nitriles is 2. The van der Waals surface area contributed by atoms with Gasteiger partial charge in [-0.15, -0.1) is 0 Å². The van der Waals surface area contributed by atoms with Crippen LogP contribution in [0.25, 0.3) is 0 Å². The maximum Gasteiger partial charge on any atom is 0.100 e. The molecule has 1 aliphatic rings. The quantitative estimate of drug-likeness (QED) is 0.613. The second-order valence-corrected chi connectivity index (χ2v) is 3.86. The van der Waals surface area contributed by atoms with Gasteiger partial charge in [-0.3, -0.25) is 0 Å². The van der Waals surface area contributed by atoms with E-state index in [9.17, 15) is 0 Å². The van der Waals surface area contributed by atoms with Gasteiger partial charge in [-0.05, 0) is 31.8 Å². The molecular formula is C14H16N2. The Morgan fingerprint density at radius 3 is 2.50 bits per heavy atom. The summed E-state index contributed by atoms with van der Waals surface area (Å²) >= 11 is 0. The van der Waals surface area contributed by atoms with E-state index in [0.717, 1.165) is 25.7 Å². The minimum Gasteiger partial charge on any atom is -0.193 e. The minimum atomic E-state index is 0.507. The fraction of sp³-hybridized carbons (Fsp3) is 0.429. The fourth-order valence-electron chi connectivity index (χ4n) is 1.70. The first kappa shape index (κ1) is 12.3. The van der Waals surface area contributed by atoms with Crippen molar-refractivity contribution in [2.24, 2.45) is 0 Å². The van der Waals surface area contributed by atoms with E-state index in [1.165, 1.54) is 12.8 Å². The van der Waals surface area contributed by atoms with E-state index < -0.39 is 0 Å². The first-order valence-corrected chi connectivity index (χ1v) is 5.75. The molecule has 0 atom stereocenters. The zero-order valence-electron chi connectivity index (χ0n) is 9.45. The smallest absolute Gasteiger partial charge is 0.100 e. The largest absolute Gasteiger partial charge is 0.193 e. The molecule has 16 heavy (non-hydrogen) atoms. The van der Waals surface area contributed by atoms with Gasteiger partial charge in [-0.1, -0.05) is 31.1 Å².